The van der Waals surface area contributed by atoms with Crippen molar-refractivity contribution < 1.29 is 9.90 Å². The smallest absolute Gasteiger partial charge is 0.231 e. The van der Waals surface area contributed by atoms with Gasteiger partial charge < -0.3 is 15.3 Å². The largest absolute Gasteiger partial charge is 0.396 e. The molecule has 2 aliphatic rings. The number of benzene rings is 1. The second kappa shape index (κ2) is 7.87. The van der Waals surface area contributed by atoms with Gasteiger partial charge in [-0.1, -0.05) is 37.6 Å². The minimum Gasteiger partial charge on any atom is -0.396 e. The molecule has 2 N–H and O–H groups in total. The van der Waals surface area contributed by atoms with E-state index in [1.165, 1.54) is 0 Å². The van der Waals surface area contributed by atoms with Crippen molar-refractivity contribution in [3.05, 3.63) is 34.9 Å². The summed E-state index contributed by atoms with van der Waals surface area (Å²) in [6, 6.07) is 7.81. The van der Waals surface area contributed by atoms with Crippen molar-refractivity contribution in [2.24, 2.45) is 16.7 Å². The molecule has 2 aliphatic heterocycles. The van der Waals surface area contributed by atoms with E-state index in [1.807, 2.05) is 29.2 Å². The molecule has 1 aromatic rings. The zero-order valence-corrected chi connectivity index (χ0v) is 16.7. The van der Waals surface area contributed by atoms with Crippen LogP contribution in [0, 0.1) is 16.7 Å². The van der Waals surface area contributed by atoms with Crippen molar-refractivity contribution >= 4 is 17.5 Å². The summed E-state index contributed by atoms with van der Waals surface area (Å²) >= 11 is 5.99. The highest BCUT2D eigenvalue weighted by molar-refractivity contribution is 6.30. The Kier molecular flexibility index (Phi) is 5.95. The topological polar surface area (TPSA) is 52.6 Å². The van der Waals surface area contributed by atoms with Gasteiger partial charge in [0.25, 0.3) is 0 Å². The molecule has 0 radical (unpaired) electrons. The molecule has 0 aromatic heterocycles. The molecule has 144 valence electrons. The molecule has 1 amide bonds. The first-order valence-corrected chi connectivity index (χ1v) is 10.1. The molecule has 2 saturated heterocycles. The highest BCUT2D eigenvalue weighted by Gasteiger charge is 2.48. The average molecular weight is 379 g/mol. The highest BCUT2D eigenvalue weighted by Crippen LogP contribution is 2.39. The monoisotopic (exact) mass is 378 g/mol. The Hall–Kier alpha value is -1.10. The number of nitrogens with zero attached hydrogens (tertiary/aromatic N) is 1. The lowest BCUT2D eigenvalue weighted by atomic mass is 9.71. The zero-order valence-electron chi connectivity index (χ0n) is 15.9. The molecule has 0 bridgehead atoms. The lowest BCUT2D eigenvalue weighted by Crippen LogP contribution is -2.65. The minimum atomic E-state index is -0.357. The average Bonchev–Trinajstić information content (AvgIpc) is 2.59. The van der Waals surface area contributed by atoms with Gasteiger partial charge in [-0.05, 0) is 49.3 Å². The van der Waals surface area contributed by atoms with Crippen molar-refractivity contribution in [2.75, 3.05) is 32.8 Å². The van der Waals surface area contributed by atoms with Gasteiger partial charge in [0.05, 0.1) is 12.0 Å². The van der Waals surface area contributed by atoms with E-state index in [0.717, 1.165) is 55.9 Å². The van der Waals surface area contributed by atoms with Crippen LogP contribution < -0.4 is 5.32 Å². The highest BCUT2D eigenvalue weighted by atomic mass is 35.5. The fraction of sp³-hybridized carbons (Fsp3) is 0.667. The van der Waals surface area contributed by atoms with Crippen LogP contribution in [0.15, 0.2) is 24.3 Å². The lowest BCUT2D eigenvalue weighted by molar-refractivity contribution is -0.150. The van der Waals surface area contributed by atoms with Gasteiger partial charge in [-0.3, -0.25) is 4.79 Å². The van der Waals surface area contributed by atoms with Crippen LogP contribution in [-0.2, 0) is 11.2 Å². The number of piperidine rings is 1. The summed E-state index contributed by atoms with van der Waals surface area (Å²) in [5.41, 5.74) is 0.655. The predicted molar refractivity (Wildman–Crippen MR) is 105 cm³/mol. The Morgan fingerprint density at radius 1 is 1.31 bits per heavy atom. The van der Waals surface area contributed by atoms with Crippen molar-refractivity contribution in [2.45, 2.75) is 39.5 Å². The summed E-state index contributed by atoms with van der Waals surface area (Å²) in [7, 11) is 0. The van der Waals surface area contributed by atoms with Crippen LogP contribution in [0.5, 0.6) is 0 Å². The fourth-order valence-electron chi connectivity index (χ4n) is 4.71. The number of halogens is 1. The first-order chi connectivity index (χ1) is 12.4. The summed E-state index contributed by atoms with van der Waals surface area (Å²) < 4.78 is 0. The Labute approximate surface area is 161 Å². The number of carbonyl (C=O) groups excluding carboxylic acids is 1. The summed E-state index contributed by atoms with van der Waals surface area (Å²) in [6.07, 6.45) is 3.69. The van der Waals surface area contributed by atoms with E-state index in [2.05, 4.69) is 19.2 Å². The van der Waals surface area contributed by atoms with E-state index < -0.39 is 0 Å². The summed E-state index contributed by atoms with van der Waals surface area (Å²) in [6.45, 7) is 7.48. The quantitative estimate of drug-likeness (QED) is 0.799. The van der Waals surface area contributed by atoms with Crippen LogP contribution in [0.25, 0.3) is 0 Å². The van der Waals surface area contributed by atoms with Crippen LogP contribution in [-0.4, -0.2) is 48.7 Å². The lowest BCUT2D eigenvalue weighted by Gasteiger charge is -2.49. The third kappa shape index (κ3) is 4.08. The Bertz CT molecular complexity index is 627. The van der Waals surface area contributed by atoms with Crippen LogP contribution >= 0.6 is 11.6 Å². The molecule has 1 aromatic carbocycles. The first-order valence-electron chi connectivity index (χ1n) is 9.74. The molecule has 2 fully saturated rings. The molecule has 3 rings (SSSR count). The molecular formula is C21H31ClN2O2. The summed E-state index contributed by atoms with van der Waals surface area (Å²) in [4.78, 5) is 15.5. The molecule has 0 saturated carbocycles. The standard InChI is InChI=1S/C21H31ClN2O2/c1-16(2)10-20(15-25)8-3-9-24(14-20)19(26)21(12-23-13-21)11-17-4-6-18(22)7-5-17/h4-7,16,23,25H,3,8-15H2,1-2H3. The van der Waals surface area contributed by atoms with E-state index in [4.69, 9.17) is 11.6 Å². The number of nitrogens with one attached hydrogen (secondary N) is 1. The van der Waals surface area contributed by atoms with Crippen LogP contribution in [0.4, 0.5) is 0 Å². The maximum Gasteiger partial charge on any atom is 0.231 e. The molecule has 26 heavy (non-hydrogen) atoms. The van der Waals surface area contributed by atoms with E-state index in [1.54, 1.807) is 0 Å². The number of amides is 1. The summed E-state index contributed by atoms with van der Waals surface area (Å²) in [5.74, 6) is 0.762. The van der Waals surface area contributed by atoms with Gasteiger partial charge >= 0.3 is 0 Å². The second-order valence-corrected chi connectivity index (χ2v) is 9.21. The van der Waals surface area contributed by atoms with E-state index in [-0.39, 0.29) is 23.3 Å². The molecule has 4 nitrogen and oxygen atoms in total. The van der Waals surface area contributed by atoms with Gasteiger partial charge in [0, 0.05) is 36.6 Å². The first kappa shape index (κ1) is 19.7. The maximum atomic E-state index is 13.4. The van der Waals surface area contributed by atoms with Gasteiger partial charge in [0.1, 0.15) is 0 Å². The third-order valence-corrected chi connectivity index (χ3v) is 6.21. The Balaban J connectivity index is 1.74. The number of aliphatic hydroxyl groups is 1. The van der Waals surface area contributed by atoms with Crippen LogP contribution in [0.3, 0.4) is 0 Å². The van der Waals surface area contributed by atoms with E-state index in [9.17, 15) is 9.90 Å². The Morgan fingerprint density at radius 2 is 2.00 bits per heavy atom. The van der Waals surface area contributed by atoms with Crippen LogP contribution in [0.1, 0.15) is 38.7 Å². The van der Waals surface area contributed by atoms with Crippen molar-refractivity contribution in [3.8, 4) is 0 Å². The Morgan fingerprint density at radius 3 is 2.54 bits per heavy atom. The normalized spacial score (nSPS) is 25.2. The number of rotatable bonds is 6. The van der Waals surface area contributed by atoms with Crippen molar-refractivity contribution in [3.63, 3.8) is 0 Å². The van der Waals surface area contributed by atoms with Gasteiger partial charge in [0.2, 0.25) is 5.91 Å². The predicted octanol–water partition coefficient (Wildman–Crippen LogP) is 3.12. The van der Waals surface area contributed by atoms with Crippen molar-refractivity contribution in [1.29, 1.82) is 0 Å². The third-order valence-electron chi connectivity index (χ3n) is 5.96. The second-order valence-electron chi connectivity index (χ2n) is 8.77. The number of hydrogen-bond acceptors (Lipinski definition) is 3. The van der Waals surface area contributed by atoms with E-state index in [0.29, 0.717) is 12.5 Å². The number of carbonyl (C=O) groups is 1. The molecule has 0 spiro atoms. The van der Waals surface area contributed by atoms with Crippen LogP contribution in [0.2, 0.25) is 5.02 Å². The zero-order chi connectivity index (χ0) is 18.8. The molecular weight excluding hydrogens is 348 g/mol. The molecule has 1 unspecified atom stereocenters. The minimum absolute atomic E-state index is 0.138. The fourth-order valence-corrected chi connectivity index (χ4v) is 4.84. The van der Waals surface area contributed by atoms with Gasteiger partial charge in [-0.2, -0.15) is 0 Å². The van der Waals surface area contributed by atoms with Gasteiger partial charge in [-0.25, -0.2) is 0 Å². The number of hydrogen-bond donors (Lipinski definition) is 2. The SMILES string of the molecule is CC(C)CC1(CO)CCCN(C(=O)C2(Cc3ccc(Cl)cc3)CNC2)C1. The molecule has 5 heteroatoms. The maximum absolute atomic E-state index is 13.4. The molecule has 0 aliphatic carbocycles. The van der Waals surface area contributed by atoms with Gasteiger partial charge in [0.15, 0.2) is 0 Å². The number of likely N-dealkylation sites (tertiary alicyclic amines) is 1. The molecule has 2 heterocycles. The molecule has 1 atom stereocenters. The van der Waals surface area contributed by atoms with Gasteiger partial charge in [-0.15, -0.1) is 0 Å². The number of aliphatic hydroxyl groups excluding tert-OH is 1. The van der Waals surface area contributed by atoms with E-state index >= 15 is 0 Å². The summed E-state index contributed by atoms with van der Waals surface area (Å²) in [5, 5.41) is 14.1. The van der Waals surface area contributed by atoms with Crippen molar-refractivity contribution in [1.82, 2.24) is 10.2 Å².